The van der Waals surface area contributed by atoms with Crippen molar-refractivity contribution in [2.24, 2.45) is 11.8 Å². The molecule has 192 valence electrons. The first-order valence-electron chi connectivity index (χ1n) is 12.1. The highest BCUT2D eigenvalue weighted by Crippen LogP contribution is 2.17. The monoisotopic (exact) mass is 492 g/mol. The van der Waals surface area contributed by atoms with Gasteiger partial charge in [-0.1, -0.05) is 72.8 Å². The van der Waals surface area contributed by atoms with Crippen LogP contribution in [-0.2, 0) is 25.5 Å². The lowest BCUT2D eigenvalue weighted by Gasteiger charge is -2.22. The molecule has 0 heterocycles. The van der Waals surface area contributed by atoms with Crippen molar-refractivity contribution >= 4 is 17.8 Å². The molecule has 2 rings (SSSR count). The molecule has 2 aromatic rings. The number of benzene rings is 2. The number of ether oxygens (including phenoxy) is 1. The molecular formula is C29H36N2O5. The third kappa shape index (κ3) is 9.15. The number of allylic oxidation sites excluding steroid dienone is 2. The van der Waals surface area contributed by atoms with Crippen molar-refractivity contribution in [2.45, 2.75) is 38.3 Å². The molecule has 0 aliphatic carbocycles. The highest BCUT2D eigenvalue weighted by Gasteiger charge is 2.28. The van der Waals surface area contributed by atoms with Crippen LogP contribution in [0.3, 0.4) is 0 Å². The topological polar surface area (TPSA) is 105 Å². The van der Waals surface area contributed by atoms with E-state index in [0.717, 1.165) is 11.1 Å². The molecule has 0 aliphatic rings. The Bertz CT molecular complexity index is 993. The van der Waals surface area contributed by atoms with Crippen LogP contribution in [0.1, 0.15) is 36.9 Å². The van der Waals surface area contributed by atoms with Gasteiger partial charge < -0.3 is 20.5 Å². The van der Waals surface area contributed by atoms with Crippen LogP contribution >= 0.6 is 0 Å². The first-order chi connectivity index (χ1) is 17.4. The number of aliphatic hydroxyl groups excluding tert-OH is 1. The van der Waals surface area contributed by atoms with Crippen LogP contribution in [0.5, 0.6) is 0 Å². The Morgan fingerprint density at radius 1 is 0.944 bits per heavy atom. The summed E-state index contributed by atoms with van der Waals surface area (Å²) in [4.78, 5) is 38.4. The second-order valence-electron chi connectivity index (χ2n) is 8.64. The van der Waals surface area contributed by atoms with Gasteiger partial charge in [0, 0.05) is 0 Å². The maximum atomic E-state index is 12.8. The average Bonchev–Trinajstić information content (AvgIpc) is 2.89. The van der Waals surface area contributed by atoms with Gasteiger partial charge in [-0.25, -0.2) is 0 Å². The van der Waals surface area contributed by atoms with Gasteiger partial charge in [-0.15, -0.1) is 13.2 Å². The van der Waals surface area contributed by atoms with E-state index in [-0.39, 0.29) is 31.5 Å². The third-order valence-electron chi connectivity index (χ3n) is 5.73. The summed E-state index contributed by atoms with van der Waals surface area (Å²) < 4.78 is 5.57. The maximum absolute atomic E-state index is 12.8. The van der Waals surface area contributed by atoms with E-state index >= 15 is 0 Å². The third-order valence-corrected chi connectivity index (χ3v) is 5.73. The van der Waals surface area contributed by atoms with Gasteiger partial charge in [0.05, 0.1) is 25.1 Å². The lowest BCUT2D eigenvalue weighted by Crippen LogP contribution is -2.45. The Hall–Kier alpha value is -3.71. The molecule has 0 aromatic heterocycles. The second-order valence-corrected chi connectivity index (χ2v) is 8.64. The van der Waals surface area contributed by atoms with Crippen molar-refractivity contribution < 1.29 is 24.2 Å². The number of carbonyl (C=O) groups is 3. The molecule has 0 spiro atoms. The molecule has 0 saturated carbocycles. The van der Waals surface area contributed by atoms with Crippen molar-refractivity contribution in [3.63, 3.8) is 0 Å². The quantitative estimate of drug-likeness (QED) is 0.201. The first kappa shape index (κ1) is 28.5. The molecule has 3 N–H and O–H groups in total. The number of esters is 1. The van der Waals surface area contributed by atoms with Crippen LogP contribution in [0, 0.1) is 11.8 Å². The van der Waals surface area contributed by atoms with Gasteiger partial charge >= 0.3 is 5.97 Å². The number of hydrogen-bond acceptors (Lipinski definition) is 5. The zero-order chi connectivity index (χ0) is 26.3. The molecular weight excluding hydrogens is 456 g/mol. The fraction of sp³-hybridized carbons (Fsp3) is 0.345. The van der Waals surface area contributed by atoms with E-state index < -0.39 is 29.9 Å². The molecule has 0 aliphatic heterocycles. The molecule has 7 heteroatoms. The molecule has 4 atom stereocenters. The van der Waals surface area contributed by atoms with E-state index in [0.29, 0.717) is 12.8 Å². The Morgan fingerprint density at radius 3 is 2.14 bits per heavy atom. The number of carbonyl (C=O) groups excluding carboxylic acids is 3. The summed E-state index contributed by atoms with van der Waals surface area (Å²) in [5, 5.41) is 15.2. The summed E-state index contributed by atoms with van der Waals surface area (Å²) >= 11 is 0. The highest BCUT2D eigenvalue weighted by molar-refractivity contribution is 6.00. The van der Waals surface area contributed by atoms with E-state index in [9.17, 15) is 19.5 Å². The lowest BCUT2D eigenvalue weighted by molar-refractivity contribution is -0.153. The predicted octanol–water partition coefficient (Wildman–Crippen LogP) is 3.51. The van der Waals surface area contributed by atoms with E-state index in [4.69, 9.17) is 4.74 Å². The Labute approximate surface area is 213 Å². The SMILES string of the molecule is C=CCC(C(=O)NC[C@H](C)OC(=O)[C@@H](CC=C)Cc1ccccc1)C(=O)N[C@@H](CO)c1ccccc1. The molecule has 1 unspecified atom stereocenters. The molecule has 2 aromatic carbocycles. The number of rotatable bonds is 15. The van der Waals surface area contributed by atoms with Crippen molar-refractivity contribution in [2.75, 3.05) is 13.2 Å². The van der Waals surface area contributed by atoms with Crippen molar-refractivity contribution in [3.05, 3.63) is 97.1 Å². The van der Waals surface area contributed by atoms with Gasteiger partial charge in [-0.2, -0.15) is 0 Å². The normalized spacial score (nSPS) is 13.9. The summed E-state index contributed by atoms with van der Waals surface area (Å²) in [6.07, 6.45) is 3.72. The number of nitrogens with one attached hydrogen (secondary N) is 2. The van der Waals surface area contributed by atoms with E-state index in [1.807, 2.05) is 36.4 Å². The van der Waals surface area contributed by atoms with Gasteiger partial charge in [0.2, 0.25) is 11.8 Å². The van der Waals surface area contributed by atoms with Crippen molar-refractivity contribution in [1.82, 2.24) is 10.6 Å². The summed E-state index contributed by atoms with van der Waals surface area (Å²) in [5.74, 6) is -2.80. The molecule has 0 radical (unpaired) electrons. The van der Waals surface area contributed by atoms with Crippen LogP contribution in [-0.4, -0.2) is 42.1 Å². The van der Waals surface area contributed by atoms with Crippen molar-refractivity contribution in [1.29, 1.82) is 0 Å². The largest absolute Gasteiger partial charge is 0.461 e. The standard InChI is InChI=1S/C29H36N2O5/c1-4-12-24(18-22-14-8-6-9-15-22)29(35)36-21(3)19-30-27(33)25(13-5-2)28(34)31-26(20-32)23-16-10-7-11-17-23/h4-11,14-17,21,24-26,32H,1-2,12-13,18-20H2,3H3,(H,30,33)(H,31,34)/t21-,24-,25?,26-/m0/s1. The van der Waals surface area contributed by atoms with Crippen LogP contribution < -0.4 is 10.6 Å². The molecule has 0 bridgehead atoms. The summed E-state index contributed by atoms with van der Waals surface area (Å²) in [6, 6.07) is 18.1. The summed E-state index contributed by atoms with van der Waals surface area (Å²) in [7, 11) is 0. The molecule has 2 amide bonds. The Morgan fingerprint density at radius 2 is 1.56 bits per heavy atom. The van der Waals surface area contributed by atoms with E-state index in [1.165, 1.54) is 6.08 Å². The van der Waals surface area contributed by atoms with Gasteiger partial charge in [0.25, 0.3) is 0 Å². The van der Waals surface area contributed by atoms with Crippen LogP contribution in [0.2, 0.25) is 0 Å². The molecule has 7 nitrogen and oxygen atoms in total. The Kier molecular flexibility index (Phi) is 12.1. The molecule has 36 heavy (non-hydrogen) atoms. The minimum atomic E-state index is -1.03. The minimum Gasteiger partial charge on any atom is -0.461 e. The fourth-order valence-electron chi connectivity index (χ4n) is 3.76. The maximum Gasteiger partial charge on any atom is 0.309 e. The first-order valence-corrected chi connectivity index (χ1v) is 12.1. The Balaban J connectivity index is 1.92. The summed E-state index contributed by atoms with van der Waals surface area (Å²) in [6.45, 7) is 8.81. The number of aliphatic hydroxyl groups is 1. The predicted molar refractivity (Wildman–Crippen MR) is 140 cm³/mol. The van der Waals surface area contributed by atoms with Crippen LogP contribution in [0.4, 0.5) is 0 Å². The van der Waals surface area contributed by atoms with E-state index in [2.05, 4.69) is 23.8 Å². The van der Waals surface area contributed by atoms with Crippen LogP contribution in [0.25, 0.3) is 0 Å². The van der Waals surface area contributed by atoms with Gasteiger partial charge in [0.1, 0.15) is 12.0 Å². The minimum absolute atomic E-state index is 0.0553. The van der Waals surface area contributed by atoms with Gasteiger partial charge in [-0.05, 0) is 37.3 Å². The molecule has 0 fully saturated rings. The summed E-state index contributed by atoms with van der Waals surface area (Å²) in [5.41, 5.74) is 1.76. The zero-order valence-corrected chi connectivity index (χ0v) is 20.8. The smallest absolute Gasteiger partial charge is 0.309 e. The van der Waals surface area contributed by atoms with E-state index in [1.54, 1.807) is 37.3 Å². The average molecular weight is 493 g/mol. The van der Waals surface area contributed by atoms with Crippen molar-refractivity contribution in [3.8, 4) is 0 Å². The lowest BCUT2D eigenvalue weighted by atomic mass is 9.96. The fourth-order valence-corrected chi connectivity index (χ4v) is 3.76. The van der Waals surface area contributed by atoms with Gasteiger partial charge in [0.15, 0.2) is 0 Å². The van der Waals surface area contributed by atoms with Gasteiger partial charge in [-0.3, -0.25) is 14.4 Å². The van der Waals surface area contributed by atoms with Crippen LogP contribution in [0.15, 0.2) is 86.0 Å². The molecule has 0 saturated heterocycles. The zero-order valence-electron chi connectivity index (χ0n) is 20.8. The number of hydrogen-bond donors (Lipinski definition) is 3. The highest BCUT2D eigenvalue weighted by atomic mass is 16.5. The number of amides is 2. The second kappa shape index (κ2) is 15.3.